The van der Waals surface area contributed by atoms with Crippen LogP contribution in [0.25, 0.3) is 0 Å². The Morgan fingerprint density at radius 1 is 0.553 bits per heavy atom. The van der Waals surface area contributed by atoms with Crippen molar-refractivity contribution in [3.05, 3.63) is 119 Å². The molecule has 8 nitrogen and oxygen atoms in total. The maximum absolute atomic E-state index is 8.49. The number of hydrogen-bond donors (Lipinski definition) is 0. The lowest BCUT2D eigenvalue weighted by molar-refractivity contribution is -2.00. The molecule has 1 heterocycles. The molecule has 0 bridgehead atoms. The lowest BCUT2D eigenvalue weighted by Gasteiger charge is -2.17. The summed E-state index contributed by atoms with van der Waals surface area (Å²) in [4.78, 5) is 0. The van der Waals surface area contributed by atoms with E-state index in [1.807, 2.05) is 36.4 Å². The zero-order valence-electron chi connectivity index (χ0n) is 21.3. The van der Waals surface area contributed by atoms with Crippen LogP contribution in [0.3, 0.4) is 0 Å². The average Bonchev–Trinajstić information content (AvgIpc) is 2.91. The largest absolute Gasteiger partial charge is 0.497 e. The Bertz CT molecular complexity index is 1190. The minimum atomic E-state index is -4.94. The topological polar surface area (TPSA) is 131 Å². The third-order valence-corrected chi connectivity index (χ3v) is 5.82. The maximum atomic E-state index is 8.49. The third kappa shape index (κ3) is 9.33. The standard InChI is InChI=1S/C29H29O4.ClHO4/c1-30-25-10-4-21(5-11-25)18-24-16-17-33-29(20-23-8-14-27(32-3)15-9-23)28(24)19-22-6-12-26(31-2)13-7-22;2-1(3,4)5/h4-17H,18-20H2,1-3H3;(H,2,3,4,5)/q+1;/p-1. The van der Waals surface area contributed by atoms with Gasteiger partial charge >= 0.3 is 12.0 Å². The van der Waals surface area contributed by atoms with Gasteiger partial charge in [0.2, 0.25) is 0 Å². The monoisotopic (exact) mass is 540 g/mol. The van der Waals surface area contributed by atoms with Crippen LogP contribution < -0.4 is 32.8 Å². The Labute approximate surface area is 224 Å². The predicted octanol–water partition coefficient (Wildman–Crippen LogP) is 1.60. The summed E-state index contributed by atoms with van der Waals surface area (Å²) in [7, 11) is 0.108. The first-order valence-corrected chi connectivity index (χ1v) is 12.8. The Hall–Kier alpha value is -3.66. The van der Waals surface area contributed by atoms with Crippen LogP contribution in [0.4, 0.5) is 0 Å². The van der Waals surface area contributed by atoms with E-state index in [0.29, 0.717) is 6.42 Å². The molecule has 38 heavy (non-hydrogen) atoms. The summed E-state index contributed by atoms with van der Waals surface area (Å²) in [5.41, 5.74) is 6.09. The van der Waals surface area contributed by atoms with Crippen LogP contribution in [0.1, 0.15) is 33.6 Å². The van der Waals surface area contributed by atoms with E-state index in [0.717, 1.165) is 35.9 Å². The van der Waals surface area contributed by atoms with E-state index in [4.69, 9.17) is 37.3 Å². The molecule has 0 saturated heterocycles. The second-order valence-electron chi connectivity index (χ2n) is 8.30. The highest BCUT2D eigenvalue weighted by molar-refractivity contribution is 5.41. The molecule has 0 unspecified atom stereocenters. The number of halogens is 1. The molecule has 9 heteroatoms. The first kappa shape index (κ1) is 28.9. The van der Waals surface area contributed by atoms with E-state index in [1.165, 1.54) is 27.8 Å². The van der Waals surface area contributed by atoms with E-state index in [1.54, 1.807) is 27.6 Å². The number of methoxy groups -OCH3 is 3. The molecule has 4 rings (SSSR count). The van der Waals surface area contributed by atoms with E-state index >= 15 is 0 Å². The zero-order valence-corrected chi connectivity index (χ0v) is 22.1. The highest BCUT2D eigenvalue weighted by Gasteiger charge is 2.21. The van der Waals surface area contributed by atoms with Gasteiger partial charge in [0, 0.05) is 12.5 Å². The smallest absolute Gasteiger partial charge is 0.337 e. The first-order chi connectivity index (χ1) is 18.2. The van der Waals surface area contributed by atoms with Crippen LogP contribution in [0.2, 0.25) is 0 Å². The lowest BCUT2D eigenvalue weighted by atomic mass is 9.93. The fourth-order valence-corrected chi connectivity index (χ4v) is 3.91. The molecule has 4 aromatic rings. The fraction of sp³-hybridized carbons (Fsp3) is 0.207. The van der Waals surface area contributed by atoms with Gasteiger partial charge < -0.3 is 14.2 Å². The number of rotatable bonds is 9. The molecule has 1 aromatic heterocycles. The Morgan fingerprint density at radius 3 is 1.32 bits per heavy atom. The normalized spacial score (nSPS) is 10.8. The Morgan fingerprint density at radius 2 is 0.921 bits per heavy atom. The Kier molecular flexibility index (Phi) is 10.5. The summed E-state index contributed by atoms with van der Waals surface area (Å²) in [6, 6.07) is 26.7. The highest BCUT2D eigenvalue weighted by Crippen LogP contribution is 2.26. The van der Waals surface area contributed by atoms with Crippen molar-refractivity contribution in [1.82, 2.24) is 0 Å². The quantitative estimate of drug-likeness (QED) is 0.292. The van der Waals surface area contributed by atoms with Crippen molar-refractivity contribution in [2.75, 3.05) is 21.3 Å². The maximum Gasteiger partial charge on any atom is 0.337 e. The molecule has 3 aromatic carbocycles. The number of ether oxygens (including phenoxy) is 3. The van der Waals surface area contributed by atoms with Crippen molar-refractivity contribution in [3.63, 3.8) is 0 Å². The van der Waals surface area contributed by atoms with Gasteiger partial charge in [-0.15, -0.1) is 10.2 Å². The van der Waals surface area contributed by atoms with Crippen molar-refractivity contribution in [3.8, 4) is 17.2 Å². The minimum absolute atomic E-state index is 0.714. The summed E-state index contributed by atoms with van der Waals surface area (Å²) in [5.74, 6) is 3.54. The Balaban J connectivity index is 0.000000732. The summed E-state index contributed by atoms with van der Waals surface area (Å²) >= 11 is 0. The van der Waals surface area contributed by atoms with Crippen LogP contribution in [0.15, 0.2) is 89.5 Å². The number of benzene rings is 3. The summed E-state index contributed by atoms with van der Waals surface area (Å²) in [6.45, 7) is 0. The van der Waals surface area contributed by atoms with E-state index < -0.39 is 10.2 Å². The molecule has 0 N–H and O–H groups in total. The SMILES string of the molecule is COc1ccc(Cc2cc[o+]c(Cc3ccc(OC)cc3)c2Cc2ccc(OC)cc2)cc1.[O-][Cl+3]([O-])([O-])[O-]. The van der Waals surface area contributed by atoms with Gasteiger partial charge in [-0.2, -0.15) is 0 Å². The summed E-state index contributed by atoms with van der Waals surface area (Å²) in [5, 5.41) is 0. The molecule has 0 atom stereocenters. The van der Waals surface area contributed by atoms with Crippen molar-refractivity contribution in [1.29, 1.82) is 0 Å². The van der Waals surface area contributed by atoms with Gasteiger partial charge in [-0.05, 0) is 65.1 Å². The van der Waals surface area contributed by atoms with E-state index in [2.05, 4.69) is 42.5 Å². The molecule has 0 amide bonds. The second-order valence-corrected chi connectivity index (χ2v) is 9.06. The van der Waals surface area contributed by atoms with Crippen molar-refractivity contribution in [2.45, 2.75) is 19.3 Å². The molecular formula is C29H29ClO8. The lowest BCUT2D eigenvalue weighted by Crippen LogP contribution is -2.68. The minimum Gasteiger partial charge on any atom is -0.497 e. The van der Waals surface area contributed by atoms with Gasteiger partial charge in [-0.1, -0.05) is 36.4 Å². The van der Waals surface area contributed by atoms with Crippen LogP contribution in [-0.2, 0) is 19.3 Å². The van der Waals surface area contributed by atoms with Gasteiger partial charge in [-0.25, -0.2) is 23.1 Å². The molecule has 200 valence electrons. The summed E-state index contributed by atoms with van der Waals surface area (Å²) < 4.78 is 56.0. The molecule has 0 fully saturated rings. The van der Waals surface area contributed by atoms with E-state index in [-0.39, 0.29) is 0 Å². The molecule has 0 saturated carbocycles. The summed E-state index contributed by atoms with van der Waals surface area (Å²) in [6.07, 6.45) is 4.12. The molecule has 0 spiro atoms. The van der Waals surface area contributed by atoms with Crippen molar-refractivity contribution >= 4 is 0 Å². The van der Waals surface area contributed by atoms with Gasteiger partial charge in [0.1, 0.15) is 17.2 Å². The van der Waals surface area contributed by atoms with Crippen LogP contribution in [0.5, 0.6) is 17.2 Å². The highest BCUT2D eigenvalue weighted by atomic mass is 35.7. The van der Waals surface area contributed by atoms with Crippen LogP contribution in [0, 0.1) is 10.2 Å². The van der Waals surface area contributed by atoms with Crippen LogP contribution in [-0.4, -0.2) is 21.3 Å². The van der Waals surface area contributed by atoms with Gasteiger partial charge in [-0.3, -0.25) is 0 Å². The molecule has 0 aliphatic rings. The second kappa shape index (κ2) is 13.8. The predicted molar refractivity (Wildman–Crippen MR) is 131 cm³/mol. The van der Waals surface area contributed by atoms with Gasteiger partial charge in [0.05, 0.1) is 33.3 Å². The van der Waals surface area contributed by atoms with Gasteiger partial charge in [0.15, 0.2) is 0 Å². The molecule has 0 radical (unpaired) electrons. The third-order valence-electron chi connectivity index (χ3n) is 5.82. The molecule has 0 aliphatic carbocycles. The fourth-order valence-electron chi connectivity index (χ4n) is 3.91. The first-order valence-electron chi connectivity index (χ1n) is 11.6. The van der Waals surface area contributed by atoms with E-state index in [9.17, 15) is 0 Å². The number of hydrogen-bond acceptors (Lipinski definition) is 7. The van der Waals surface area contributed by atoms with Gasteiger partial charge in [0.25, 0.3) is 0 Å². The van der Waals surface area contributed by atoms with Crippen LogP contribution >= 0.6 is 0 Å². The molecule has 0 aliphatic heterocycles. The van der Waals surface area contributed by atoms with Crippen molar-refractivity contribution in [2.24, 2.45) is 0 Å². The average molecular weight is 541 g/mol. The van der Waals surface area contributed by atoms with Crippen molar-refractivity contribution < 1.29 is 47.5 Å². The zero-order chi connectivity index (χ0) is 27.5. The molecular weight excluding hydrogens is 512 g/mol.